The minimum Gasteiger partial charge on any atom is -0.491 e. The molecule has 0 unspecified atom stereocenters. The highest BCUT2D eigenvalue weighted by Crippen LogP contribution is 2.20. The van der Waals surface area contributed by atoms with Crippen LogP contribution in [0.5, 0.6) is 5.75 Å². The predicted molar refractivity (Wildman–Crippen MR) is 109 cm³/mol. The number of aliphatic hydroxyl groups is 1. The van der Waals surface area contributed by atoms with Crippen LogP contribution in [0.1, 0.15) is 10.4 Å². The van der Waals surface area contributed by atoms with Crippen molar-refractivity contribution < 1.29 is 14.6 Å². The number of ether oxygens (including phenoxy) is 1. The van der Waals surface area contributed by atoms with Crippen LogP contribution < -0.4 is 10.1 Å². The van der Waals surface area contributed by atoms with E-state index in [2.05, 4.69) is 15.4 Å². The Hall–Kier alpha value is -3.71. The summed E-state index contributed by atoms with van der Waals surface area (Å²) in [6.45, 7) is 0.136. The van der Waals surface area contributed by atoms with E-state index in [0.29, 0.717) is 17.0 Å². The second-order valence-corrected chi connectivity index (χ2v) is 6.48. The Labute approximate surface area is 167 Å². The summed E-state index contributed by atoms with van der Waals surface area (Å²) in [6.07, 6.45) is 2.30. The number of nitrogens with one attached hydrogen (secondary N) is 1. The number of para-hydroxylation sites is 1. The van der Waals surface area contributed by atoms with Crippen LogP contribution >= 0.6 is 0 Å². The van der Waals surface area contributed by atoms with E-state index < -0.39 is 6.10 Å². The third-order valence-corrected chi connectivity index (χ3v) is 4.40. The Kier molecular flexibility index (Phi) is 5.49. The first kappa shape index (κ1) is 18.6. The molecule has 0 aliphatic rings. The van der Waals surface area contributed by atoms with Crippen LogP contribution in [0.4, 0.5) is 0 Å². The summed E-state index contributed by atoms with van der Waals surface area (Å²) in [6, 6.07) is 20.8. The van der Waals surface area contributed by atoms with Gasteiger partial charge in [0.05, 0.1) is 11.9 Å². The van der Waals surface area contributed by atoms with E-state index in [1.807, 2.05) is 54.6 Å². The van der Waals surface area contributed by atoms with Crippen molar-refractivity contribution in [2.24, 2.45) is 0 Å². The summed E-state index contributed by atoms with van der Waals surface area (Å²) >= 11 is 0. The van der Waals surface area contributed by atoms with Crippen molar-refractivity contribution in [3.05, 3.63) is 84.7 Å². The molecule has 0 fully saturated rings. The maximum atomic E-state index is 12.6. The molecule has 0 aliphatic carbocycles. The van der Waals surface area contributed by atoms with Gasteiger partial charge in [-0.05, 0) is 18.2 Å². The molecule has 0 saturated heterocycles. The minimum atomic E-state index is -0.839. The zero-order valence-corrected chi connectivity index (χ0v) is 15.6. The Morgan fingerprint density at radius 2 is 1.79 bits per heavy atom. The lowest BCUT2D eigenvalue weighted by Gasteiger charge is -2.13. The molecule has 1 atom stereocenters. The summed E-state index contributed by atoms with van der Waals surface area (Å²) in [5.74, 6) is 0.314. The zero-order valence-electron chi connectivity index (χ0n) is 15.6. The molecule has 1 amide bonds. The highest BCUT2D eigenvalue weighted by molar-refractivity contribution is 5.99. The van der Waals surface area contributed by atoms with Gasteiger partial charge in [0.25, 0.3) is 5.91 Å². The Morgan fingerprint density at radius 1 is 1.07 bits per heavy atom. The highest BCUT2D eigenvalue weighted by atomic mass is 16.5. The number of aromatic nitrogens is 3. The molecule has 0 radical (unpaired) electrons. The lowest BCUT2D eigenvalue weighted by Crippen LogP contribution is -2.35. The number of aliphatic hydroxyl groups excluding tert-OH is 1. The second-order valence-electron chi connectivity index (χ2n) is 6.48. The van der Waals surface area contributed by atoms with E-state index in [-0.39, 0.29) is 19.1 Å². The van der Waals surface area contributed by atoms with Gasteiger partial charge in [-0.2, -0.15) is 5.10 Å². The first-order valence-electron chi connectivity index (χ1n) is 9.24. The molecular formula is C22H20N4O3. The number of fused-ring (bicyclic) bond motifs is 1. The number of amides is 1. The molecule has 0 spiro atoms. The number of carbonyl (C=O) groups is 1. The first-order chi connectivity index (χ1) is 14.2. The van der Waals surface area contributed by atoms with Crippen LogP contribution in [0.3, 0.4) is 0 Å². The molecule has 2 N–H and O–H groups in total. The Bertz CT molecular complexity index is 1100. The van der Waals surface area contributed by atoms with Gasteiger partial charge in [0, 0.05) is 18.3 Å². The van der Waals surface area contributed by atoms with Crippen molar-refractivity contribution in [3.63, 3.8) is 0 Å². The van der Waals surface area contributed by atoms with Crippen molar-refractivity contribution in [1.82, 2.24) is 19.9 Å². The second kappa shape index (κ2) is 8.53. The fourth-order valence-electron chi connectivity index (χ4n) is 2.95. The standard InChI is InChI=1S/C22H20N4O3/c27-17(15-29-18-9-5-2-6-10-18)13-24-22(28)19-14-25-26-20(11-12-23-21(19)26)16-7-3-1-4-8-16/h1-12,14,17,27H,13,15H2,(H,24,28)/t17-/m1/s1. The van der Waals surface area contributed by atoms with Gasteiger partial charge in [0.2, 0.25) is 0 Å². The highest BCUT2D eigenvalue weighted by Gasteiger charge is 2.17. The third kappa shape index (κ3) is 4.25. The lowest BCUT2D eigenvalue weighted by atomic mass is 10.1. The lowest BCUT2D eigenvalue weighted by molar-refractivity contribution is 0.0845. The largest absolute Gasteiger partial charge is 0.491 e. The summed E-state index contributed by atoms with van der Waals surface area (Å²) in [7, 11) is 0. The summed E-state index contributed by atoms with van der Waals surface area (Å²) in [4.78, 5) is 16.9. The van der Waals surface area contributed by atoms with Gasteiger partial charge in [-0.1, -0.05) is 48.5 Å². The minimum absolute atomic E-state index is 0.0569. The van der Waals surface area contributed by atoms with Gasteiger partial charge in [-0.15, -0.1) is 0 Å². The van der Waals surface area contributed by atoms with Crippen molar-refractivity contribution in [1.29, 1.82) is 0 Å². The van der Waals surface area contributed by atoms with Crippen LogP contribution in [0.2, 0.25) is 0 Å². The predicted octanol–water partition coefficient (Wildman–Crippen LogP) is 2.57. The van der Waals surface area contributed by atoms with E-state index in [9.17, 15) is 9.90 Å². The topological polar surface area (TPSA) is 88.8 Å². The summed E-state index contributed by atoms with van der Waals surface area (Å²) in [5, 5.41) is 17.1. The molecule has 4 aromatic rings. The molecule has 2 heterocycles. The van der Waals surface area contributed by atoms with E-state index >= 15 is 0 Å². The average Bonchev–Trinajstić information content (AvgIpc) is 3.22. The molecule has 2 aromatic heterocycles. The van der Waals surface area contributed by atoms with Crippen LogP contribution in [-0.4, -0.2) is 44.9 Å². The fraction of sp³-hybridized carbons (Fsp3) is 0.136. The molecule has 0 aliphatic heterocycles. The number of nitrogens with zero attached hydrogens (tertiary/aromatic N) is 3. The normalized spacial score (nSPS) is 11.9. The molecule has 7 nitrogen and oxygen atoms in total. The summed E-state index contributed by atoms with van der Waals surface area (Å²) < 4.78 is 7.13. The van der Waals surface area contributed by atoms with E-state index in [4.69, 9.17) is 4.74 Å². The maximum Gasteiger partial charge on any atom is 0.256 e. The number of hydrogen-bond acceptors (Lipinski definition) is 5. The van der Waals surface area contributed by atoms with Crippen molar-refractivity contribution in [2.75, 3.05) is 13.2 Å². The van der Waals surface area contributed by atoms with Gasteiger partial charge in [0.15, 0.2) is 5.65 Å². The molecule has 4 rings (SSSR count). The van der Waals surface area contributed by atoms with Crippen LogP contribution in [0.15, 0.2) is 79.1 Å². The van der Waals surface area contributed by atoms with Crippen molar-refractivity contribution in [2.45, 2.75) is 6.10 Å². The maximum absolute atomic E-state index is 12.6. The Morgan fingerprint density at radius 3 is 2.55 bits per heavy atom. The number of carbonyl (C=O) groups excluding carboxylic acids is 1. The number of rotatable bonds is 7. The van der Waals surface area contributed by atoms with E-state index in [0.717, 1.165) is 11.3 Å². The monoisotopic (exact) mass is 388 g/mol. The van der Waals surface area contributed by atoms with E-state index in [1.165, 1.54) is 6.20 Å². The molecular weight excluding hydrogens is 368 g/mol. The van der Waals surface area contributed by atoms with Gasteiger partial charge >= 0.3 is 0 Å². The Balaban J connectivity index is 1.42. The van der Waals surface area contributed by atoms with Crippen LogP contribution in [0, 0.1) is 0 Å². The van der Waals surface area contributed by atoms with Crippen LogP contribution in [-0.2, 0) is 0 Å². The molecule has 0 bridgehead atoms. The quantitative estimate of drug-likeness (QED) is 0.508. The van der Waals surface area contributed by atoms with Gasteiger partial charge in [0.1, 0.15) is 24.0 Å². The SMILES string of the molecule is O=C(NC[C@@H](O)COc1ccccc1)c1cnn2c(-c3ccccc3)ccnc12. The van der Waals surface area contributed by atoms with Crippen molar-refractivity contribution >= 4 is 11.6 Å². The molecule has 146 valence electrons. The molecule has 2 aromatic carbocycles. The summed E-state index contributed by atoms with van der Waals surface area (Å²) in [5.41, 5.74) is 2.62. The number of hydrogen-bond donors (Lipinski definition) is 2. The first-order valence-corrected chi connectivity index (χ1v) is 9.24. The zero-order chi connectivity index (χ0) is 20.1. The average molecular weight is 388 g/mol. The van der Waals surface area contributed by atoms with E-state index in [1.54, 1.807) is 22.8 Å². The van der Waals surface area contributed by atoms with Gasteiger partial charge in [-0.3, -0.25) is 4.79 Å². The molecule has 7 heteroatoms. The fourth-order valence-corrected chi connectivity index (χ4v) is 2.95. The van der Waals surface area contributed by atoms with Gasteiger partial charge in [-0.25, -0.2) is 9.50 Å². The molecule has 29 heavy (non-hydrogen) atoms. The van der Waals surface area contributed by atoms with Gasteiger partial charge < -0.3 is 15.2 Å². The smallest absolute Gasteiger partial charge is 0.256 e. The van der Waals surface area contributed by atoms with Crippen molar-refractivity contribution in [3.8, 4) is 17.0 Å². The van der Waals surface area contributed by atoms with Crippen LogP contribution in [0.25, 0.3) is 16.9 Å². The number of benzene rings is 2. The third-order valence-electron chi connectivity index (χ3n) is 4.40. The molecule has 0 saturated carbocycles.